The molecule has 4 nitrogen and oxygen atoms in total. The predicted octanol–water partition coefficient (Wildman–Crippen LogP) is 3.78. The van der Waals surface area contributed by atoms with Crippen LogP contribution in [0.4, 0.5) is 5.00 Å². The van der Waals surface area contributed by atoms with Crippen LogP contribution < -0.4 is 10.2 Å². The van der Waals surface area contributed by atoms with Gasteiger partial charge in [-0.1, -0.05) is 30.3 Å². The Morgan fingerprint density at radius 3 is 2.71 bits per heavy atom. The van der Waals surface area contributed by atoms with E-state index in [2.05, 4.69) is 22.3 Å². The van der Waals surface area contributed by atoms with Gasteiger partial charge in [0.25, 0.3) is 5.91 Å². The summed E-state index contributed by atoms with van der Waals surface area (Å²) in [5.74, 6) is 0.0127. The van der Waals surface area contributed by atoms with E-state index in [0.29, 0.717) is 13.2 Å². The van der Waals surface area contributed by atoms with Crippen LogP contribution in [0.25, 0.3) is 11.1 Å². The topological polar surface area (TPSA) is 41.6 Å². The van der Waals surface area contributed by atoms with Gasteiger partial charge < -0.3 is 15.0 Å². The molecule has 0 spiro atoms. The summed E-state index contributed by atoms with van der Waals surface area (Å²) in [7, 11) is 1.68. The highest BCUT2D eigenvalue weighted by atomic mass is 32.1. The van der Waals surface area contributed by atoms with Crippen molar-refractivity contribution in [2.24, 2.45) is 0 Å². The molecule has 1 fully saturated rings. The first-order chi connectivity index (χ1) is 11.8. The Hall–Kier alpha value is -1.85. The van der Waals surface area contributed by atoms with E-state index in [4.69, 9.17) is 4.74 Å². The summed E-state index contributed by atoms with van der Waals surface area (Å²) in [6.45, 7) is 3.47. The average Bonchev–Trinajstić information content (AvgIpc) is 3.28. The van der Waals surface area contributed by atoms with Crippen LogP contribution in [0.2, 0.25) is 0 Å². The average molecular weight is 344 g/mol. The number of nitrogens with zero attached hydrogens (tertiary/aromatic N) is 1. The molecule has 0 bridgehead atoms. The van der Waals surface area contributed by atoms with Gasteiger partial charge in [-0.3, -0.25) is 4.79 Å². The van der Waals surface area contributed by atoms with Crippen LogP contribution in [-0.2, 0) is 4.74 Å². The molecule has 24 heavy (non-hydrogen) atoms. The minimum absolute atomic E-state index is 0.0127. The number of anilines is 1. The molecule has 1 saturated heterocycles. The van der Waals surface area contributed by atoms with Gasteiger partial charge in [0, 0.05) is 38.9 Å². The van der Waals surface area contributed by atoms with E-state index < -0.39 is 0 Å². The zero-order valence-electron chi connectivity index (χ0n) is 14.1. The minimum atomic E-state index is 0.0127. The molecule has 2 heterocycles. The second-order valence-corrected chi connectivity index (χ2v) is 7.02. The molecule has 1 aliphatic heterocycles. The van der Waals surface area contributed by atoms with E-state index in [1.54, 1.807) is 18.4 Å². The van der Waals surface area contributed by atoms with Crippen molar-refractivity contribution in [2.75, 3.05) is 38.3 Å². The van der Waals surface area contributed by atoms with E-state index in [0.717, 1.165) is 24.4 Å². The lowest BCUT2D eigenvalue weighted by Crippen LogP contribution is -2.24. The zero-order chi connectivity index (χ0) is 16.8. The zero-order valence-corrected chi connectivity index (χ0v) is 14.9. The largest absolute Gasteiger partial charge is 0.385 e. The fourth-order valence-electron chi connectivity index (χ4n) is 2.98. The molecule has 0 aliphatic carbocycles. The highest BCUT2D eigenvalue weighted by Gasteiger charge is 2.22. The first-order valence-corrected chi connectivity index (χ1v) is 9.32. The Balaban J connectivity index is 1.82. The molecular weight excluding hydrogens is 320 g/mol. The molecule has 0 saturated carbocycles. The Bertz CT molecular complexity index is 663. The van der Waals surface area contributed by atoms with Crippen molar-refractivity contribution in [2.45, 2.75) is 19.3 Å². The number of nitrogens with one attached hydrogen (secondary N) is 1. The van der Waals surface area contributed by atoms with Crippen LogP contribution in [-0.4, -0.2) is 39.3 Å². The summed E-state index contributed by atoms with van der Waals surface area (Å²) >= 11 is 1.61. The number of rotatable bonds is 7. The maximum absolute atomic E-state index is 12.5. The van der Waals surface area contributed by atoms with Gasteiger partial charge in [-0.2, -0.15) is 0 Å². The molecule has 0 radical (unpaired) electrons. The third-order valence-corrected chi connectivity index (χ3v) is 5.42. The van der Waals surface area contributed by atoms with E-state index >= 15 is 0 Å². The minimum Gasteiger partial charge on any atom is -0.385 e. The molecule has 1 amide bonds. The van der Waals surface area contributed by atoms with Gasteiger partial charge >= 0.3 is 0 Å². The SMILES string of the molecule is COCCCNC(=O)c1cc(-c2ccccc2)c(N2CCCC2)s1. The van der Waals surface area contributed by atoms with Gasteiger partial charge in [0.15, 0.2) is 0 Å². The summed E-state index contributed by atoms with van der Waals surface area (Å²) in [4.78, 5) is 15.7. The van der Waals surface area contributed by atoms with Gasteiger partial charge in [0.05, 0.1) is 9.88 Å². The van der Waals surface area contributed by atoms with Crippen LogP contribution in [0, 0.1) is 0 Å². The summed E-state index contributed by atoms with van der Waals surface area (Å²) in [5, 5.41) is 4.21. The molecule has 0 unspecified atom stereocenters. The summed E-state index contributed by atoms with van der Waals surface area (Å²) < 4.78 is 5.02. The van der Waals surface area contributed by atoms with Crippen molar-refractivity contribution in [1.29, 1.82) is 0 Å². The van der Waals surface area contributed by atoms with Gasteiger partial charge in [-0.05, 0) is 30.9 Å². The smallest absolute Gasteiger partial charge is 0.261 e. The normalized spacial score (nSPS) is 14.1. The lowest BCUT2D eigenvalue weighted by atomic mass is 10.1. The van der Waals surface area contributed by atoms with Crippen molar-refractivity contribution in [3.63, 3.8) is 0 Å². The molecule has 128 valence electrons. The Kier molecular flexibility index (Phi) is 5.88. The van der Waals surface area contributed by atoms with Crippen molar-refractivity contribution < 1.29 is 9.53 Å². The first-order valence-electron chi connectivity index (χ1n) is 8.51. The monoisotopic (exact) mass is 344 g/mol. The molecule has 1 N–H and O–H groups in total. The highest BCUT2D eigenvalue weighted by molar-refractivity contribution is 7.18. The predicted molar refractivity (Wildman–Crippen MR) is 100 cm³/mol. The highest BCUT2D eigenvalue weighted by Crippen LogP contribution is 2.40. The van der Waals surface area contributed by atoms with Crippen molar-refractivity contribution in [3.05, 3.63) is 41.3 Å². The molecule has 1 aromatic heterocycles. The van der Waals surface area contributed by atoms with Crippen molar-refractivity contribution >= 4 is 22.2 Å². The Morgan fingerprint density at radius 1 is 1.25 bits per heavy atom. The third-order valence-electron chi connectivity index (χ3n) is 4.23. The number of amides is 1. The van der Waals surface area contributed by atoms with Crippen molar-refractivity contribution in [3.8, 4) is 11.1 Å². The number of carbonyl (C=O) groups excluding carboxylic acids is 1. The van der Waals surface area contributed by atoms with Gasteiger partial charge in [0.2, 0.25) is 0 Å². The Morgan fingerprint density at radius 2 is 2.00 bits per heavy atom. The molecule has 1 aliphatic rings. The summed E-state index contributed by atoms with van der Waals surface area (Å²) in [6, 6.07) is 12.4. The fraction of sp³-hybridized carbons (Fsp3) is 0.421. The van der Waals surface area contributed by atoms with Crippen LogP contribution in [0.3, 0.4) is 0 Å². The Labute approximate surface area is 147 Å². The summed E-state index contributed by atoms with van der Waals surface area (Å²) in [5.41, 5.74) is 2.35. The van der Waals surface area contributed by atoms with E-state index in [1.165, 1.54) is 29.0 Å². The second kappa shape index (κ2) is 8.31. The van der Waals surface area contributed by atoms with Gasteiger partial charge in [-0.15, -0.1) is 11.3 Å². The van der Waals surface area contributed by atoms with E-state index in [-0.39, 0.29) is 5.91 Å². The van der Waals surface area contributed by atoms with E-state index in [1.807, 2.05) is 24.3 Å². The molecule has 2 aromatic rings. The van der Waals surface area contributed by atoms with E-state index in [9.17, 15) is 4.79 Å². The maximum Gasteiger partial charge on any atom is 0.261 e. The summed E-state index contributed by atoms with van der Waals surface area (Å²) in [6.07, 6.45) is 3.29. The van der Waals surface area contributed by atoms with Crippen LogP contribution in [0.1, 0.15) is 28.9 Å². The maximum atomic E-state index is 12.5. The second-order valence-electron chi connectivity index (χ2n) is 5.99. The number of ether oxygens (including phenoxy) is 1. The fourth-order valence-corrected chi connectivity index (χ4v) is 4.13. The lowest BCUT2D eigenvalue weighted by molar-refractivity contribution is 0.0952. The first kappa shape index (κ1) is 17.0. The number of hydrogen-bond donors (Lipinski definition) is 1. The molecule has 0 atom stereocenters. The number of benzene rings is 1. The number of thiophene rings is 1. The van der Waals surface area contributed by atoms with Crippen LogP contribution >= 0.6 is 11.3 Å². The van der Waals surface area contributed by atoms with Crippen LogP contribution in [0.5, 0.6) is 0 Å². The number of carbonyl (C=O) groups is 1. The quantitative estimate of drug-likeness (QED) is 0.777. The standard InChI is InChI=1S/C19H24N2O2S/c1-23-13-7-10-20-18(22)17-14-16(15-8-3-2-4-9-15)19(24-17)21-11-5-6-12-21/h2-4,8-9,14H,5-7,10-13H2,1H3,(H,20,22). The van der Waals surface area contributed by atoms with Crippen molar-refractivity contribution in [1.82, 2.24) is 5.32 Å². The van der Waals surface area contributed by atoms with Gasteiger partial charge in [0.1, 0.15) is 0 Å². The molecular formula is C19H24N2O2S. The third kappa shape index (κ3) is 3.97. The lowest BCUT2D eigenvalue weighted by Gasteiger charge is -2.17. The molecule has 3 rings (SSSR count). The molecule has 5 heteroatoms. The number of hydrogen-bond acceptors (Lipinski definition) is 4. The molecule has 1 aromatic carbocycles. The van der Waals surface area contributed by atoms with Crippen LogP contribution in [0.15, 0.2) is 36.4 Å². The van der Waals surface area contributed by atoms with Gasteiger partial charge in [-0.25, -0.2) is 0 Å². The number of methoxy groups -OCH3 is 1.